The number of rotatable bonds is 4. The summed E-state index contributed by atoms with van der Waals surface area (Å²) in [6.07, 6.45) is -2.79. The van der Waals surface area contributed by atoms with E-state index in [9.17, 15) is 13.2 Å². The van der Waals surface area contributed by atoms with Crippen LogP contribution in [0.25, 0.3) is 16.7 Å². The Morgan fingerprint density at radius 1 is 1.12 bits per heavy atom. The van der Waals surface area contributed by atoms with Crippen LogP contribution >= 0.6 is 0 Å². The average Bonchev–Trinajstić information content (AvgIpc) is 3.27. The van der Waals surface area contributed by atoms with E-state index in [4.69, 9.17) is 0 Å². The zero-order valence-corrected chi connectivity index (χ0v) is 18.3. The maximum absolute atomic E-state index is 13.4. The third-order valence-electron chi connectivity index (χ3n) is 6.22. The summed E-state index contributed by atoms with van der Waals surface area (Å²) in [4.78, 5) is 6.94. The van der Waals surface area contributed by atoms with Crippen LogP contribution in [0.4, 0.5) is 24.7 Å². The number of alkyl halides is 3. The fraction of sp³-hybridized carbons (Fsp3) is 0.348. The summed E-state index contributed by atoms with van der Waals surface area (Å²) in [5.41, 5.74) is 2.10. The molecular weight excluding hydrogens is 431 g/mol. The van der Waals surface area contributed by atoms with Gasteiger partial charge < -0.3 is 15.5 Å². The third kappa shape index (κ3) is 3.95. The molecule has 1 saturated heterocycles. The maximum atomic E-state index is 13.4. The lowest BCUT2D eigenvalue weighted by molar-refractivity contribution is -0.138. The van der Waals surface area contributed by atoms with Crippen molar-refractivity contribution in [2.24, 2.45) is 0 Å². The smallest absolute Gasteiger partial charge is 0.369 e. The minimum atomic E-state index is -4.40. The Bertz CT molecular complexity index is 1310. The number of nitrogens with zero attached hydrogens (tertiary/aromatic N) is 5. The monoisotopic (exact) mass is 455 g/mol. The van der Waals surface area contributed by atoms with Crippen molar-refractivity contribution in [3.63, 3.8) is 0 Å². The SMILES string of the molecule is Cc1c([C@@H](C)Nc2nc3nncn3c3ccc(N4CCNCC4)cc23)cccc1C(F)(F)F. The number of piperazine rings is 1. The molecule has 1 fully saturated rings. The normalized spacial score (nSPS) is 15.8. The van der Waals surface area contributed by atoms with Gasteiger partial charge in [0.25, 0.3) is 5.78 Å². The van der Waals surface area contributed by atoms with Crippen LogP contribution in [0.5, 0.6) is 0 Å². The van der Waals surface area contributed by atoms with Crippen LogP contribution in [-0.2, 0) is 6.18 Å². The lowest BCUT2D eigenvalue weighted by Gasteiger charge is -2.30. The lowest BCUT2D eigenvalue weighted by Crippen LogP contribution is -2.43. The quantitative estimate of drug-likeness (QED) is 0.481. The fourth-order valence-corrected chi connectivity index (χ4v) is 4.50. The van der Waals surface area contributed by atoms with E-state index in [1.54, 1.807) is 12.4 Å². The van der Waals surface area contributed by atoms with Gasteiger partial charge >= 0.3 is 6.18 Å². The Balaban J connectivity index is 1.58. The molecule has 0 unspecified atom stereocenters. The van der Waals surface area contributed by atoms with Gasteiger partial charge in [-0.25, -0.2) is 0 Å². The van der Waals surface area contributed by atoms with Crippen molar-refractivity contribution in [1.29, 1.82) is 0 Å². The molecule has 7 nitrogen and oxygen atoms in total. The summed E-state index contributed by atoms with van der Waals surface area (Å²) < 4.78 is 42.1. The fourth-order valence-electron chi connectivity index (χ4n) is 4.50. The first-order valence-corrected chi connectivity index (χ1v) is 10.9. The first kappa shape index (κ1) is 21.4. The van der Waals surface area contributed by atoms with Crippen LogP contribution in [0.1, 0.15) is 29.7 Å². The van der Waals surface area contributed by atoms with Gasteiger partial charge in [0.1, 0.15) is 12.1 Å². The predicted molar refractivity (Wildman–Crippen MR) is 122 cm³/mol. The highest BCUT2D eigenvalue weighted by atomic mass is 19.4. The van der Waals surface area contributed by atoms with E-state index in [1.807, 2.05) is 17.4 Å². The third-order valence-corrected chi connectivity index (χ3v) is 6.22. The van der Waals surface area contributed by atoms with Crippen molar-refractivity contribution in [2.45, 2.75) is 26.1 Å². The largest absolute Gasteiger partial charge is 0.416 e. The molecule has 0 amide bonds. The molecule has 1 aliphatic heterocycles. The lowest BCUT2D eigenvalue weighted by atomic mass is 9.97. The first-order valence-electron chi connectivity index (χ1n) is 10.9. The molecule has 3 heterocycles. The summed E-state index contributed by atoms with van der Waals surface area (Å²) >= 11 is 0. The molecule has 0 bridgehead atoms. The van der Waals surface area contributed by atoms with Crippen molar-refractivity contribution in [2.75, 3.05) is 36.4 Å². The molecule has 0 spiro atoms. The number of anilines is 2. The molecule has 10 heteroatoms. The number of nitrogens with one attached hydrogen (secondary N) is 2. The summed E-state index contributed by atoms with van der Waals surface area (Å²) in [6.45, 7) is 6.97. The standard InChI is InChI=1S/C23H24F3N7/c1-14-17(4-3-5-19(14)23(24,25)26)15(2)29-21-18-12-16(32-10-8-27-9-11-32)6-7-20(18)33-13-28-31-22(33)30-21/h3-7,12-13,15,27H,8-11H2,1-2H3,(H,29,30,31)/t15-/m1/s1. The summed E-state index contributed by atoms with van der Waals surface area (Å²) in [5.74, 6) is 0.986. The van der Waals surface area contributed by atoms with Crippen LogP contribution in [0.3, 0.4) is 0 Å². The Kier molecular flexibility index (Phi) is 5.32. The van der Waals surface area contributed by atoms with Gasteiger partial charge in [-0.05, 0) is 49.2 Å². The van der Waals surface area contributed by atoms with E-state index in [0.717, 1.165) is 48.8 Å². The van der Waals surface area contributed by atoms with E-state index >= 15 is 0 Å². The maximum Gasteiger partial charge on any atom is 0.416 e. The zero-order chi connectivity index (χ0) is 23.2. The second kappa shape index (κ2) is 8.18. The molecule has 5 rings (SSSR count). The second-order valence-corrected chi connectivity index (χ2v) is 8.28. The van der Waals surface area contributed by atoms with Crippen molar-refractivity contribution >= 4 is 28.2 Å². The minimum Gasteiger partial charge on any atom is -0.369 e. The van der Waals surface area contributed by atoms with E-state index in [1.165, 1.54) is 13.0 Å². The Hall–Kier alpha value is -3.40. The van der Waals surface area contributed by atoms with Crippen molar-refractivity contribution in [3.8, 4) is 0 Å². The van der Waals surface area contributed by atoms with Gasteiger partial charge in [0.15, 0.2) is 0 Å². The average molecular weight is 455 g/mol. The molecule has 172 valence electrons. The molecular formula is C23H24F3N7. The number of fused-ring (bicyclic) bond motifs is 3. The first-order chi connectivity index (χ1) is 15.8. The zero-order valence-electron chi connectivity index (χ0n) is 18.3. The van der Waals surface area contributed by atoms with Gasteiger partial charge in [0.2, 0.25) is 0 Å². The molecule has 1 atom stereocenters. The highest BCUT2D eigenvalue weighted by molar-refractivity contribution is 5.93. The van der Waals surface area contributed by atoms with Gasteiger partial charge in [-0.3, -0.25) is 4.40 Å². The molecule has 0 saturated carbocycles. The van der Waals surface area contributed by atoms with Crippen molar-refractivity contribution in [3.05, 3.63) is 59.4 Å². The summed E-state index contributed by atoms with van der Waals surface area (Å²) in [6, 6.07) is 10.0. The highest BCUT2D eigenvalue weighted by Gasteiger charge is 2.33. The van der Waals surface area contributed by atoms with Gasteiger partial charge in [0, 0.05) is 37.3 Å². The molecule has 0 aliphatic carbocycles. The van der Waals surface area contributed by atoms with Crippen LogP contribution in [0, 0.1) is 6.92 Å². The van der Waals surface area contributed by atoms with E-state index < -0.39 is 17.8 Å². The van der Waals surface area contributed by atoms with Gasteiger partial charge in [-0.15, -0.1) is 10.2 Å². The van der Waals surface area contributed by atoms with Gasteiger partial charge in [-0.1, -0.05) is 12.1 Å². The molecule has 2 N–H and O–H groups in total. The van der Waals surface area contributed by atoms with Crippen LogP contribution in [-0.4, -0.2) is 45.8 Å². The summed E-state index contributed by atoms with van der Waals surface area (Å²) in [7, 11) is 0. The van der Waals surface area contributed by atoms with E-state index in [2.05, 4.69) is 42.8 Å². The molecule has 33 heavy (non-hydrogen) atoms. The molecule has 1 aliphatic rings. The molecule has 4 aromatic rings. The Labute approximate surface area is 188 Å². The summed E-state index contributed by atoms with van der Waals surface area (Å²) in [5, 5.41) is 15.6. The number of hydrogen-bond donors (Lipinski definition) is 2. The molecule has 2 aromatic carbocycles. The number of aromatic nitrogens is 4. The van der Waals surface area contributed by atoms with E-state index in [0.29, 0.717) is 17.2 Å². The topological polar surface area (TPSA) is 70.4 Å². The number of hydrogen-bond acceptors (Lipinski definition) is 6. The highest BCUT2D eigenvalue weighted by Crippen LogP contribution is 2.36. The molecule has 0 radical (unpaired) electrons. The van der Waals surface area contributed by atoms with Crippen LogP contribution in [0.15, 0.2) is 42.7 Å². The number of benzene rings is 2. The Morgan fingerprint density at radius 2 is 1.91 bits per heavy atom. The predicted octanol–water partition coefficient (Wildman–Crippen LogP) is 4.19. The van der Waals surface area contributed by atoms with Gasteiger partial charge in [0.05, 0.1) is 17.1 Å². The number of halogens is 3. The second-order valence-electron chi connectivity index (χ2n) is 8.28. The minimum absolute atomic E-state index is 0.208. The van der Waals surface area contributed by atoms with Crippen molar-refractivity contribution in [1.82, 2.24) is 24.9 Å². The molecule has 2 aromatic heterocycles. The Morgan fingerprint density at radius 3 is 2.67 bits per heavy atom. The van der Waals surface area contributed by atoms with E-state index in [-0.39, 0.29) is 5.56 Å². The van der Waals surface area contributed by atoms with Gasteiger partial charge in [-0.2, -0.15) is 18.2 Å². The van der Waals surface area contributed by atoms with Crippen molar-refractivity contribution < 1.29 is 13.2 Å². The van der Waals surface area contributed by atoms with Crippen LogP contribution in [0.2, 0.25) is 0 Å². The van der Waals surface area contributed by atoms with Crippen LogP contribution < -0.4 is 15.5 Å².